The zero-order chi connectivity index (χ0) is 19.1. The van der Waals surface area contributed by atoms with E-state index in [9.17, 15) is 14.7 Å². The summed E-state index contributed by atoms with van der Waals surface area (Å²) in [5.41, 5.74) is 0.836. The largest absolute Gasteiger partial charge is 0.459 e. The zero-order valence-electron chi connectivity index (χ0n) is 15.9. The van der Waals surface area contributed by atoms with Gasteiger partial charge in [-0.1, -0.05) is 19.9 Å². The Morgan fingerprint density at radius 2 is 2.12 bits per heavy atom. The van der Waals surface area contributed by atoms with Gasteiger partial charge in [0.2, 0.25) is 5.79 Å². The summed E-state index contributed by atoms with van der Waals surface area (Å²) in [5.74, 6) is -2.29. The Labute approximate surface area is 153 Å². The average molecular weight is 362 g/mol. The molecule has 1 spiro atoms. The molecule has 2 aliphatic carbocycles. The lowest BCUT2D eigenvalue weighted by molar-refractivity contribution is -0.209. The van der Waals surface area contributed by atoms with Crippen LogP contribution < -0.4 is 0 Å². The van der Waals surface area contributed by atoms with Crippen LogP contribution in [0.5, 0.6) is 0 Å². The van der Waals surface area contributed by atoms with Gasteiger partial charge < -0.3 is 19.3 Å². The Bertz CT molecular complexity index is 766. The molecule has 2 aliphatic heterocycles. The summed E-state index contributed by atoms with van der Waals surface area (Å²) in [6.45, 7) is 9.43. The maximum absolute atomic E-state index is 12.3. The SMILES string of the molecule is CC=C(C)C(=O)OC1CC2OC23CC2(O)OC(=O)C(C)=C2CC3(C)C1C. The number of hydrogen-bond donors (Lipinski definition) is 1. The maximum Gasteiger partial charge on any atom is 0.336 e. The number of fused-ring (bicyclic) bond motifs is 1. The third kappa shape index (κ3) is 2.06. The molecule has 1 N–H and O–H groups in total. The first kappa shape index (κ1) is 17.7. The van der Waals surface area contributed by atoms with E-state index in [-0.39, 0.29) is 35.9 Å². The third-order valence-corrected chi connectivity index (χ3v) is 7.34. The van der Waals surface area contributed by atoms with Crippen LogP contribution in [0.3, 0.4) is 0 Å². The molecule has 4 aliphatic rings. The van der Waals surface area contributed by atoms with Gasteiger partial charge in [0.05, 0.1) is 6.10 Å². The number of rotatable bonds is 2. The van der Waals surface area contributed by atoms with Gasteiger partial charge in [-0.2, -0.15) is 0 Å². The Morgan fingerprint density at radius 3 is 2.77 bits per heavy atom. The van der Waals surface area contributed by atoms with Gasteiger partial charge in [0, 0.05) is 40.9 Å². The highest BCUT2D eigenvalue weighted by atomic mass is 16.7. The topological polar surface area (TPSA) is 85.4 Å². The molecule has 26 heavy (non-hydrogen) atoms. The Balaban J connectivity index is 1.66. The van der Waals surface area contributed by atoms with Gasteiger partial charge in [0.15, 0.2) is 0 Å². The van der Waals surface area contributed by atoms with Crippen molar-refractivity contribution in [2.24, 2.45) is 11.3 Å². The van der Waals surface area contributed by atoms with E-state index in [0.717, 1.165) is 0 Å². The number of hydrogen-bond acceptors (Lipinski definition) is 6. The normalized spacial score (nSPS) is 46.9. The number of allylic oxidation sites excluding steroid dienone is 1. The van der Waals surface area contributed by atoms with E-state index >= 15 is 0 Å². The molecule has 4 rings (SSSR count). The van der Waals surface area contributed by atoms with Crippen molar-refractivity contribution in [2.45, 2.75) is 77.5 Å². The molecule has 3 fully saturated rings. The van der Waals surface area contributed by atoms with Gasteiger partial charge in [0.1, 0.15) is 11.7 Å². The smallest absolute Gasteiger partial charge is 0.336 e. The molecule has 6 nitrogen and oxygen atoms in total. The Hall–Kier alpha value is -1.66. The molecule has 0 bridgehead atoms. The van der Waals surface area contributed by atoms with Crippen LogP contribution in [0.15, 0.2) is 22.8 Å². The quantitative estimate of drug-likeness (QED) is 0.461. The summed E-state index contributed by atoms with van der Waals surface area (Å²) in [6.07, 6.45) is 2.73. The van der Waals surface area contributed by atoms with Crippen molar-refractivity contribution in [1.29, 1.82) is 0 Å². The van der Waals surface area contributed by atoms with Crippen LogP contribution in [0.25, 0.3) is 0 Å². The van der Waals surface area contributed by atoms with Crippen LogP contribution in [0.2, 0.25) is 0 Å². The second-order valence-electron chi connectivity index (χ2n) is 8.48. The maximum atomic E-state index is 12.3. The van der Waals surface area contributed by atoms with Gasteiger partial charge in [0.25, 0.3) is 0 Å². The average Bonchev–Trinajstić information content (AvgIpc) is 3.23. The van der Waals surface area contributed by atoms with Crippen molar-refractivity contribution >= 4 is 11.9 Å². The summed E-state index contributed by atoms with van der Waals surface area (Å²) in [7, 11) is 0. The van der Waals surface area contributed by atoms with Crippen molar-refractivity contribution in [3.8, 4) is 0 Å². The van der Waals surface area contributed by atoms with Crippen LogP contribution in [0.1, 0.15) is 53.9 Å². The highest BCUT2D eigenvalue weighted by molar-refractivity contribution is 5.92. The van der Waals surface area contributed by atoms with Gasteiger partial charge in [-0.15, -0.1) is 0 Å². The summed E-state index contributed by atoms with van der Waals surface area (Å²) in [5, 5.41) is 10.9. The van der Waals surface area contributed by atoms with Crippen LogP contribution >= 0.6 is 0 Å². The molecule has 6 atom stereocenters. The number of carbonyl (C=O) groups is 2. The van der Waals surface area contributed by atoms with Crippen LogP contribution in [0, 0.1) is 11.3 Å². The minimum absolute atomic E-state index is 0.0235. The van der Waals surface area contributed by atoms with Crippen LogP contribution in [-0.2, 0) is 23.8 Å². The lowest BCUT2D eigenvalue weighted by Crippen LogP contribution is -2.59. The van der Waals surface area contributed by atoms with E-state index in [1.54, 1.807) is 19.9 Å². The number of carbonyl (C=O) groups excluding carboxylic acids is 2. The minimum atomic E-state index is -1.56. The number of esters is 2. The number of aliphatic hydroxyl groups is 1. The van der Waals surface area contributed by atoms with E-state index in [2.05, 4.69) is 13.8 Å². The Kier molecular flexibility index (Phi) is 3.55. The first-order valence-electron chi connectivity index (χ1n) is 9.25. The molecule has 6 heteroatoms. The van der Waals surface area contributed by atoms with E-state index in [0.29, 0.717) is 29.6 Å². The monoisotopic (exact) mass is 362 g/mol. The van der Waals surface area contributed by atoms with Crippen molar-refractivity contribution in [3.05, 3.63) is 22.8 Å². The molecule has 6 unspecified atom stereocenters. The van der Waals surface area contributed by atoms with E-state index in [1.165, 1.54) is 0 Å². The third-order valence-electron chi connectivity index (χ3n) is 7.34. The van der Waals surface area contributed by atoms with Crippen molar-refractivity contribution < 1.29 is 28.9 Å². The van der Waals surface area contributed by atoms with Crippen molar-refractivity contribution in [1.82, 2.24) is 0 Å². The van der Waals surface area contributed by atoms with E-state index in [4.69, 9.17) is 14.2 Å². The highest BCUT2D eigenvalue weighted by Crippen LogP contribution is 2.70. The molecule has 0 radical (unpaired) electrons. The van der Waals surface area contributed by atoms with Crippen molar-refractivity contribution in [2.75, 3.05) is 0 Å². The predicted octanol–water partition coefficient (Wildman–Crippen LogP) is 2.40. The summed E-state index contributed by atoms with van der Waals surface area (Å²) in [6, 6.07) is 0. The molecule has 0 amide bonds. The molecule has 2 heterocycles. The summed E-state index contributed by atoms with van der Waals surface area (Å²) < 4.78 is 17.2. The summed E-state index contributed by atoms with van der Waals surface area (Å²) >= 11 is 0. The fourth-order valence-electron chi connectivity index (χ4n) is 5.18. The van der Waals surface area contributed by atoms with Crippen LogP contribution in [0.4, 0.5) is 0 Å². The van der Waals surface area contributed by atoms with E-state index in [1.807, 2.05) is 6.92 Å². The second kappa shape index (κ2) is 5.20. The van der Waals surface area contributed by atoms with E-state index < -0.39 is 17.4 Å². The second-order valence-corrected chi connectivity index (χ2v) is 8.48. The minimum Gasteiger partial charge on any atom is -0.459 e. The van der Waals surface area contributed by atoms with Gasteiger partial charge in [-0.3, -0.25) is 0 Å². The fourth-order valence-corrected chi connectivity index (χ4v) is 5.18. The first-order chi connectivity index (χ1) is 12.1. The number of epoxide rings is 1. The fraction of sp³-hybridized carbons (Fsp3) is 0.700. The van der Waals surface area contributed by atoms with Gasteiger partial charge in [-0.05, 0) is 27.2 Å². The molecule has 0 aromatic rings. The molecule has 0 aromatic heterocycles. The molecule has 142 valence electrons. The highest BCUT2D eigenvalue weighted by Gasteiger charge is 2.78. The lowest BCUT2D eigenvalue weighted by atomic mass is 9.52. The zero-order valence-corrected chi connectivity index (χ0v) is 15.9. The summed E-state index contributed by atoms with van der Waals surface area (Å²) in [4.78, 5) is 24.3. The molecule has 0 aromatic carbocycles. The molecular weight excluding hydrogens is 336 g/mol. The first-order valence-corrected chi connectivity index (χ1v) is 9.25. The predicted molar refractivity (Wildman–Crippen MR) is 91.8 cm³/mol. The van der Waals surface area contributed by atoms with Crippen LogP contribution in [-0.4, -0.2) is 40.6 Å². The molecule has 1 saturated heterocycles. The molecule has 2 saturated carbocycles. The number of ether oxygens (including phenoxy) is 3. The van der Waals surface area contributed by atoms with Crippen molar-refractivity contribution in [3.63, 3.8) is 0 Å². The van der Waals surface area contributed by atoms with Gasteiger partial charge in [-0.25, -0.2) is 9.59 Å². The lowest BCUT2D eigenvalue weighted by Gasteiger charge is -2.52. The Morgan fingerprint density at radius 1 is 1.42 bits per heavy atom. The van der Waals surface area contributed by atoms with Gasteiger partial charge >= 0.3 is 11.9 Å². The standard InChI is InChI=1S/C20H26O6/c1-6-10(2)16(21)24-14-7-15-19(25-15)9-20(23)13(11(3)17(22)26-20)8-18(19,5)12(14)4/h6,12,14-15,23H,7-9H2,1-5H3. The molecular formula is C20H26O6.